The Morgan fingerprint density at radius 3 is 2.72 bits per heavy atom. The number of hydrogen-bond acceptors (Lipinski definition) is 3. The van der Waals surface area contributed by atoms with Crippen LogP contribution in [0.2, 0.25) is 0 Å². The summed E-state index contributed by atoms with van der Waals surface area (Å²) in [6.07, 6.45) is 3.50. The number of para-hydroxylation sites is 1. The molecule has 0 saturated carbocycles. The van der Waals surface area contributed by atoms with E-state index in [0.29, 0.717) is 6.04 Å². The van der Waals surface area contributed by atoms with Crippen LogP contribution < -0.4 is 10.1 Å². The van der Waals surface area contributed by atoms with Gasteiger partial charge in [-0.1, -0.05) is 18.2 Å². The maximum absolute atomic E-state index is 5.45. The lowest BCUT2D eigenvalue weighted by Crippen LogP contribution is -2.24. The van der Waals surface area contributed by atoms with Crippen LogP contribution in [0.4, 0.5) is 0 Å². The smallest absolute Gasteiger partial charge is 0.123 e. The van der Waals surface area contributed by atoms with E-state index in [2.05, 4.69) is 17.4 Å². The van der Waals surface area contributed by atoms with Gasteiger partial charge in [-0.25, -0.2) is 0 Å². The fraction of sp³-hybridized carbons (Fsp3) is 0.600. The molecule has 1 aromatic rings. The first-order valence-corrected chi connectivity index (χ1v) is 6.73. The molecule has 1 fully saturated rings. The van der Waals surface area contributed by atoms with Crippen LogP contribution in [0.5, 0.6) is 5.75 Å². The molecule has 1 N–H and O–H groups in total. The van der Waals surface area contributed by atoms with E-state index in [9.17, 15) is 0 Å². The van der Waals surface area contributed by atoms with Crippen molar-refractivity contribution in [2.75, 3.05) is 27.4 Å². The summed E-state index contributed by atoms with van der Waals surface area (Å²) in [4.78, 5) is 0. The van der Waals surface area contributed by atoms with Gasteiger partial charge < -0.3 is 14.8 Å². The summed E-state index contributed by atoms with van der Waals surface area (Å²) in [5.41, 5.74) is 1.26. The molecule has 3 nitrogen and oxygen atoms in total. The molecule has 100 valence electrons. The number of nitrogens with one attached hydrogen (secondary N) is 1. The van der Waals surface area contributed by atoms with Crippen molar-refractivity contribution < 1.29 is 9.47 Å². The molecule has 1 atom stereocenters. The van der Waals surface area contributed by atoms with Gasteiger partial charge in [-0.15, -0.1) is 0 Å². The first-order valence-electron chi connectivity index (χ1n) is 6.73. The molecule has 0 aromatic heterocycles. The zero-order chi connectivity index (χ0) is 12.8. The molecule has 2 rings (SSSR count). The predicted molar refractivity (Wildman–Crippen MR) is 73.0 cm³/mol. The highest BCUT2D eigenvalue weighted by Crippen LogP contribution is 2.32. The van der Waals surface area contributed by atoms with Gasteiger partial charge in [-0.05, 0) is 38.3 Å². The lowest BCUT2D eigenvalue weighted by Gasteiger charge is -2.27. The normalized spacial score (nSPS) is 18.6. The van der Waals surface area contributed by atoms with Crippen LogP contribution in [0, 0.1) is 5.92 Å². The van der Waals surface area contributed by atoms with Crippen LogP contribution >= 0.6 is 0 Å². The summed E-state index contributed by atoms with van der Waals surface area (Å²) in [5, 5.41) is 3.42. The fourth-order valence-corrected chi connectivity index (χ4v) is 2.67. The number of hydrogen-bond donors (Lipinski definition) is 1. The molecule has 3 heteroatoms. The number of methoxy groups -OCH3 is 1. The molecule has 1 aliphatic heterocycles. The summed E-state index contributed by atoms with van der Waals surface area (Å²) in [7, 11) is 3.76. The van der Waals surface area contributed by atoms with Crippen molar-refractivity contribution in [2.45, 2.75) is 25.3 Å². The third-order valence-corrected chi connectivity index (χ3v) is 3.77. The average molecular weight is 249 g/mol. The average Bonchev–Trinajstić information content (AvgIpc) is 2.46. The second-order valence-electron chi connectivity index (χ2n) is 4.87. The highest BCUT2D eigenvalue weighted by molar-refractivity contribution is 5.35. The topological polar surface area (TPSA) is 30.5 Å². The minimum absolute atomic E-state index is 0.365. The van der Waals surface area contributed by atoms with Crippen LogP contribution in [0.15, 0.2) is 24.3 Å². The molecule has 1 aliphatic rings. The van der Waals surface area contributed by atoms with Crippen LogP contribution in [0.3, 0.4) is 0 Å². The standard InChI is InChI=1S/C15H23NO2/c1-16-14(11-12-7-9-18-10-8-12)13-5-3-4-6-15(13)17-2/h3-6,12,14,16H,7-11H2,1-2H3. The van der Waals surface area contributed by atoms with E-state index in [1.165, 1.54) is 18.4 Å². The summed E-state index contributed by atoms with van der Waals surface area (Å²) in [6.45, 7) is 1.82. The van der Waals surface area contributed by atoms with Gasteiger partial charge in [0.25, 0.3) is 0 Å². The Morgan fingerprint density at radius 1 is 1.33 bits per heavy atom. The van der Waals surface area contributed by atoms with E-state index in [4.69, 9.17) is 9.47 Å². The Hall–Kier alpha value is -1.06. The Kier molecular flexibility index (Phi) is 5.02. The molecule has 1 unspecified atom stereocenters. The first-order chi connectivity index (χ1) is 8.85. The van der Waals surface area contributed by atoms with Crippen molar-refractivity contribution in [3.8, 4) is 5.75 Å². The third kappa shape index (κ3) is 3.24. The zero-order valence-electron chi connectivity index (χ0n) is 11.3. The molecule has 0 spiro atoms. The van der Waals surface area contributed by atoms with Crippen molar-refractivity contribution in [1.29, 1.82) is 0 Å². The van der Waals surface area contributed by atoms with Crippen molar-refractivity contribution in [1.82, 2.24) is 5.32 Å². The molecule has 1 saturated heterocycles. The van der Waals surface area contributed by atoms with Gasteiger partial charge in [0.2, 0.25) is 0 Å². The Bertz CT molecular complexity index is 361. The van der Waals surface area contributed by atoms with Gasteiger partial charge in [0, 0.05) is 24.8 Å². The van der Waals surface area contributed by atoms with Gasteiger partial charge in [0.1, 0.15) is 5.75 Å². The third-order valence-electron chi connectivity index (χ3n) is 3.77. The molecule has 0 radical (unpaired) electrons. The van der Waals surface area contributed by atoms with Gasteiger partial charge in [0.15, 0.2) is 0 Å². The first kappa shape index (κ1) is 13.4. The lowest BCUT2D eigenvalue weighted by atomic mass is 9.89. The van der Waals surface area contributed by atoms with Crippen molar-refractivity contribution >= 4 is 0 Å². The largest absolute Gasteiger partial charge is 0.496 e. The number of benzene rings is 1. The van der Waals surface area contributed by atoms with Crippen LogP contribution in [0.25, 0.3) is 0 Å². The highest BCUT2D eigenvalue weighted by atomic mass is 16.5. The van der Waals surface area contributed by atoms with E-state index in [0.717, 1.165) is 31.3 Å². The Balaban J connectivity index is 2.07. The van der Waals surface area contributed by atoms with E-state index < -0.39 is 0 Å². The van der Waals surface area contributed by atoms with E-state index in [1.54, 1.807) is 7.11 Å². The monoisotopic (exact) mass is 249 g/mol. The molecule has 18 heavy (non-hydrogen) atoms. The second-order valence-corrected chi connectivity index (χ2v) is 4.87. The minimum atomic E-state index is 0.365. The van der Waals surface area contributed by atoms with E-state index >= 15 is 0 Å². The quantitative estimate of drug-likeness (QED) is 0.870. The number of rotatable bonds is 5. The molecular weight excluding hydrogens is 226 g/mol. The second kappa shape index (κ2) is 6.76. The minimum Gasteiger partial charge on any atom is -0.496 e. The Labute approximate surface area is 109 Å². The van der Waals surface area contributed by atoms with Crippen molar-refractivity contribution in [3.63, 3.8) is 0 Å². The summed E-state index contributed by atoms with van der Waals surface area (Å²) in [6, 6.07) is 8.64. The maximum Gasteiger partial charge on any atom is 0.123 e. The lowest BCUT2D eigenvalue weighted by molar-refractivity contribution is 0.0607. The molecule has 0 aliphatic carbocycles. The SMILES string of the molecule is CNC(CC1CCOCC1)c1ccccc1OC. The van der Waals surface area contributed by atoms with E-state index in [1.807, 2.05) is 19.2 Å². The van der Waals surface area contributed by atoms with Crippen LogP contribution in [-0.2, 0) is 4.74 Å². The molecule has 1 heterocycles. The predicted octanol–water partition coefficient (Wildman–Crippen LogP) is 2.77. The van der Waals surface area contributed by atoms with Crippen molar-refractivity contribution in [3.05, 3.63) is 29.8 Å². The summed E-state index contributed by atoms with van der Waals surface area (Å²) >= 11 is 0. The van der Waals surface area contributed by atoms with Gasteiger partial charge >= 0.3 is 0 Å². The molecule has 1 aromatic carbocycles. The van der Waals surface area contributed by atoms with Gasteiger partial charge in [0.05, 0.1) is 7.11 Å². The van der Waals surface area contributed by atoms with Gasteiger partial charge in [-0.2, -0.15) is 0 Å². The molecule has 0 amide bonds. The van der Waals surface area contributed by atoms with Gasteiger partial charge in [-0.3, -0.25) is 0 Å². The summed E-state index contributed by atoms with van der Waals surface area (Å²) < 4.78 is 10.9. The molecule has 0 bridgehead atoms. The number of ether oxygens (including phenoxy) is 2. The molecular formula is C15H23NO2. The maximum atomic E-state index is 5.45. The van der Waals surface area contributed by atoms with Crippen LogP contribution in [0.1, 0.15) is 30.9 Å². The Morgan fingerprint density at radius 2 is 2.06 bits per heavy atom. The fourth-order valence-electron chi connectivity index (χ4n) is 2.67. The zero-order valence-corrected chi connectivity index (χ0v) is 11.3. The van der Waals surface area contributed by atoms with Crippen molar-refractivity contribution in [2.24, 2.45) is 5.92 Å². The van der Waals surface area contributed by atoms with Crippen LogP contribution in [-0.4, -0.2) is 27.4 Å². The van der Waals surface area contributed by atoms with E-state index in [-0.39, 0.29) is 0 Å². The summed E-state index contributed by atoms with van der Waals surface area (Å²) in [5.74, 6) is 1.73. The highest BCUT2D eigenvalue weighted by Gasteiger charge is 2.21.